The Morgan fingerprint density at radius 3 is 2.41 bits per heavy atom. The first-order valence-electron chi connectivity index (χ1n) is 6.14. The van der Waals surface area contributed by atoms with Crippen LogP contribution in [0, 0.1) is 5.92 Å². The molecule has 0 fully saturated rings. The molecule has 0 saturated carbocycles. The number of Topliss-reactive ketones (excluding diaryl/α,β-unsaturated/α-hetero) is 1. The standard InChI is InChI=1S/C16H18O/c1-12-8-10-14(11-9-12)13(2)16(17)15-6-4-3-5-7-15/h3-8,10,13H,9,11H2,1-2H3. The smallest absolute Gasteiger partial charge is 0.169 e. The number of hydrogen-bond acceptors (Lipinski definition) is 1. The molecule has 1 unspecified atom stereocenters. The van der Waals surface area contributed by atoms with Gasteiger partial charge in [0.25, 0.3) is 0 Å². The van der Waals surface area contributed by atoms with E-state index in [1.807, 2.05) is 37.3 Å². The minimum absolute atomic E-state index is 0.00162. The van der Waals surface area contributed by atoms with Crippen LogP contribution < -0.4 is 0 Å². The topological polar surface area (TPSA) is 17.1 Å². The van der Waals surface area contributed by atoms with Gasteiger partial charge in [-0.05, 0) is 19.8 Å². The molecular weight excluding hydrogens is 208 g/mol. The van der Waals surface area contributed by atoms with E-state index in [4.69, 9.17) is 0 Å². The lowest BCUT2D eigenvalue weighted by molar-refractivity contribution is 0.0946. The molecule has 0 aromatic heterocycles. The Morgan fingerprint density at radius 1 is 1.12 bits per heavy atom. The van der Waals surface area contributed by atoms with Gasteiger partial charge in [0.1, 0.15) is 0 Å². The maximum Gasteiger partial charge on any atom is 0.169 e. The van der Waals surface area contributed by atoms with Crippen molar-refractivity contribution < 1.29 is 4.79 Å². The highest BCUT2D eigenvalue weighted by atomic mass is 16.1. The zero-order valence-corrected chi connectivity index (χ0v) is 10.4. The summed E-state index contributed by atoms with van der Waals surface area (Å²) in [6.07, 6.45) is 6.35. The van der Waals surface area contributed by atoms with Crippen molar-refractivity contribution in [2.75, 3.05) is 0 Å². The lowest BCUT2D eigenvalue weighted by Gasteiger charge is -2.18. The zero-order valence-electron chi connectivity index (χ0n) is 10.4. The molecule has 0 saturated heterocycles. The second-order valence-electron chi connectivity index (χ2n) is 4.71. The Kier molecular flexibility index (Phi) is 3.58. The van der Waals surface area contributed by atoms with Crippen LogP contribution in [0.2, 0.25) is 0 Å². The number of carbonyl (C=O) groups is 1. The zero-order chi connectivity index (χ0) is 12.3. The Morgan fingerprint density at radius 2 is 1.82 bits per heavy atom. The first-order valence-corrected chi connectivity index (χ1v) is 6.14. The maximum atomic E-state index is 12.3. The van der Waals surface area contributed by atoms with Gasteiger partial charge in [-0.2, -0.15) is 0 Å². The summed E-state index contributed by atoms with van der Waals surface area (Å²) < 4.78 is 0. The molecule has 0 N–H and O–H groups in total. The van der Waals surface area contributed by atoms with E-state index >= 15 is 0 Å². The molecule has 0 spiro atoms. The Labute approximate surface area is 103 Å². The Hall–Kier alpha value is -1.63. The number of allylic oxidation sites excluding steroid dienone is 4. The van der Waals surface area contributed by atoms with Crippen molar-refractivity contribution in [3.05, 3.63) is 59.2 Å². The molecule has 17 heavy (non-hydrogen) atoms. The van der Waals surface area contributed by atoms with Crippen molar-refractivity contribution in [2.24, 2.45) is 5.92 Å². The third-order valence-electron chi connectivity index (χ3n) is 3.40. The van der Waals surface area contributed by atoms with Gasteiger partial charge >= 0.3 is 0 Å². The molecule has 1 heteroatoms. The fraction of sp³-hybridized carbons (Fsp3) is 0.312. The van der Waals surface area contributed by atoms with Crippen LogP contribution in [-0.4, -0.2) is 5.78 Å². The predicted octanol–water partition coefficient (Wildman–Crippen LogP) is 4.17. The largest absolute Gasteiger partial charge is 0.294 e. The van der Waals surface area contributed by atoms with E-state index in [1.54, 1.807) is 0 Å². The van der Waals surface area contributed by atoms with Crippen molar-refractivity contribution >= 4 is 5.78 Å². The first kappa shape index (κ1) is 11.8. The van der Waals surface area contributed by atoms with Gasteiger partial charge in [-0.1, -0.05) is 60.6 Å². The van der Waals surface area contributed by atoms with E-state index in [0.717, 1.165) is 18.4 Å². The molecular formula is C16H18O. The summed E-state index contributed by atoms with van der Waals surface area (Å²) in [4.78, 5) is 12.3. The fourth-order valence-corrected chi connectivity index (χ4v) is 2.14. The normalized spacial score (nSPS) is 17.1. The molecule has 1 aromatic rings. The number of hydrogen-bond donors (Lipinski definition) is 0. The second-order valence-corrected chi connectivity index (χ2v) is 4.71. The van der Waals surface area contributed by atoms with E-state index in [-0.39, 0.29) is 11.7 Å². The third kappa shape index (κ3) is 2.73. The lowest BCUT2D eigenvalue weighted by atomic mass is 9.86. The van der Waals surface area contributed by atoms with Crippen molar-refractivity contribution in [1.29, 1.82) is 0 Å². The van der Waals surface area contributed by atoms with E-state index in [1.165, 1.54) is 11.1 Å². The highest BCUT2D eigenvalue weighted by Crippen LogP contribution is 2.26. The van der Waals surface area contributed by atoms with Crippen LogP contribution in [0.1, 0.15) is 37.0 Å². The van der Waals surface area contributed by atoms with Gasteiger partial charge in [-0.25, -0.2) is 0 Å². The van der Waals surface area contributed by atoms with Crippen LogP contribution >= 0.6 is 0 Å². The molecule has 0 radical (unpaired) electrons. The van der Waals surface area contributed by atoms with Crippen LogP contribution in [0.5, 0.6) is 0 Å². The summed E-state index contributed by atoms with van der Waals surface area (Å²) >= 11 is 0. The SMILES string of the molecule is CC1=CC=C(C(C)C(=O)c2ccccc2)CC1. The summed E-state index contributed by atoms with van der Waals surface area (Å²) in [6, 6.07) is 9.55. The van der Waals surface area contributed by atoms with Gasteiger partial charge < -0.3 is 0 Å². The molecule has 0 aliphatic heterocycles. The summed E-state index contributed by atoms with van der Waals surface area (Å²) in [7, 11) is 0. The maximum absolute atomic E-state index is 12.3. The Bertz CT molecular complexity index is 466. The van der Waals surface area contributed by atoms with Gasteiger partial charge in [0, 0.05) is 11.5 Å². The molecule has 1 nitrogen and oxygen atoms in total. The van der Waals surface area contributed by atoms with E-state index in [0.29, 0.717) is 0 Å². The van der Waals surface area contributed by atoms with Crippen LogP contribution in [0.3, 0.4) is 0 Å². The van der Waals surface area contributed by atoms with Gasteiger partial charge in [0.2, 0.25) is 0 Å². The number of benzene rings is 1. The van der Waals surface area contributed by atoms with E-state index in [9.17, 15) is 4.79 Å². The van der Waals surface area contributed by atoms with Gasteiger partial charge in [0.15, 0.2) is 5.78 Å². The number of carbonyl (C=O) groups excluding carboxylic acids is 1. The van der Waals surface area contributed by atoms with Crippen molar-refractivity contribution in [3.63, 3.8) is 0 Å². The predicted molar refractivity (Wildman–Crippen MR) is 71.0 cm³/mol. The van der Waals surface area contributed by atoms with Gasteiger partial charge in [-0.15, -0.1) is 0 Å². The van der Waals surface area contributed by atoms with Crippen LogP contribution in [0.25, 0.3) is 0 Å². The van der Waals surface area contributed by atoms with Crippen LogP contribution in [0.4, 0.5) is 0 Å². The monoisotopic (exact) mass is 226 g/mol. The molecule has 0 heterocycles. The highest BCUT2D eigenvalue weighted by Gasteiger charge is 2.19. The first-order chi connectivity index (χ1) is 8.18. The van der Waals surface area contributed by atoms with Crippen molar-refractivity contribution in [2.45, 2.75) is 26.7 Å². The summed E-state index contributed by atoms with van der Waals surface area (Å²) in [5.74, 6) is 0.228. The number of rotatable bonds is 3. The fourth-order valence-electron chi connectivity index (χ4n) is 2.14. The molecule has 1 atom stereocenters. The van der Waals surface area contributed by atoms with E-state index < -0.39 is 0 Å². The Balaban J connectivity index is 2.16. The summed E-state index contributed by atoms with van der Waals surface area (Å²) in [5, 5.41) is 0. The highest BCUT2D eigenvalue weighted by molar-refractivity contribution is 5.99. The van der Waals surface area contributed by atoms with Crippen LogP contribution in [-0.2, 0) is 0 Å². The quantitative estimate of drug-likeness (QED) is 0.707. The average molecular weight is 226 g/mol. The van der Waals surface area contributed by atoms with E-state index in [2.05, 4.69) is 19.1 Å². The summed E-state index contributed by atoms with van der Waals surface area (Å²) in [6.45, 7) is 4.15. The summed E-state index contributed by atoms with van der Waals surface area (Å²) in [5.41, 5.74) is 3.46. The molecule has 0 bridgehead atoms. The molecule has 1 aromatic carbocycles. The lowest BCUT2D eigenvalue weighted by Crippen LogP contribution is -2.15. The minimum atomic E-state index is 0.00162. The second kappa shape index (κ2) is 5.13. The molecule has 2 rings (SSSR count). The molecule has 0 amide bonds. The molecule has 88 valence electrons. The average Bonchev–Trinajstić information content (AvgIpc) is 2.39. The van der Waals surface area contributed by atoms with Crippen LogP contribution in [0.15, 0.2) is 53.6 Å². The van der Waals surface area contributed by atoms with Gasteiger partial charge in [0.05, 0.1) is 0 Å². The number of ketones is 1. The molecule has 1 aliphatic carbocycles. The third-order valence-corrected chi connectivity index (χ3v) is 3.40. The van der Waals surface area contributed by atoms with Gasteiger partial charge in [-0.3, -0.25) is 4.79 Å². The molecule has 1 aliphatic rings. The minimum Gasteiger partial charge on any atom is -0.294 e. The van der Waals surface area contributed by atoms with Crippen molar-refractivity contribution in [3.8, 4) is 0 Å². The van der Waals surface area contributed by atoms with Crippen molar-refractivity contribution in [1.82, 2.24) is 0 Å².